The smallest absolute Gasteiger partial charge is 0.329 e. The molecule has 0 atom stereocenters. The minimum Gasteiger partial charge on any atom is -0.329 e. The number of benzene rings is 2. The molecule has 3 aromatic rings. The van der Waals surface area contributed by atoms with E-state index in [4.69, 9.17) is 0 Å². The van der Waals surface area contributed by atoms with Crippen LogP contribution in [0.4, 0.5) is 23.2 Å². The van der Waals surface area contributed by atoms with E-state index < -0.39 is 27.9 Å². The third kappa shape index (κ3) is 4.74. The summed E-state index contributed by atoms with van der Waals surface area (Å²) in [5.74, 6) is -2.41. The van der Waals surface area contributed by atoms with Gasteiger partial charge in [-0.25, -0.2) is 12.8 Å². The van der Waals surface area contributed by atoms with Gasteiger partial charge in [-0.1, -0.05) is 29.4 Å². The Hall–Kier alpha value is -3.21. The van der Waals surface area contributed by atoms with Crippen LogP contribution in [-0.2, 0) is 16.2 Å². The molecule has 0 aliphatic rings. The minimum absolute atomic E-state index is 0.0485. The number of hydrogen-bond donors (Lipinski definition) is 1. The molecule has 28 heavy (non-hydrogen) atoms. The predicted octanol–water partition coefficient (Wildman–Crippen LogP) is 4.20. The first-order valence-corrected chi connectivity index (χ1v) is 9.09. The van der Waals surface area contributed by atoms with Crippen LogP contribution in [0.25, 0.3) is 12.2 Å². The molecule has 0 fully saturated rings. The van der Waals surface area contributed by atoms with Crippen molar-refractivity contribution < 1.29 is 30.5 Å². The zero-order valence-corrected chi connectivity index (χ0v) is 14.6. The van der Waals surface area contributed by atoms with Crippen molar-refractivity contribution in [3.63, 3.8) is 0 Å². The number of hydrogen-bond acceptors (Lipinski definition) is 5. The molecule has 1 N–H and O–H groups in total. The predicted molar refractivity (Wildman–Crippen MR) is 91.9 cm³/mol. The van der Waals surface area contributed by atoms with E-state index in [0.717, 1.165) is 12.1 Å². The van der Waals surface area contributed by atoms with Crippen molar-refractivity contribution in [2.75, 3.05) is 4.72 Å². The van der Waals surface area contributed by atoms with Crippen LogP contribution >= 0.6 is 0 Å². The van der Waals surface area contributed by atoms with Gasteiger partial charge in [0.05, 0.1) is 10.6 Å². The lowest BCUT2D eigenvalue weighted by atomic mass is 10.2. The van der Waals surface area contributed by atoms with Crippen LogP contribution in [0.15, 0.2) is 57.9 Å². The van der Waals surface area contributed by atoms with Crippen LogP contribution in [0, 0.1) is 5.82 Å². The molecule has 6 nitrogen and oxygen atoms in total. The number of aromatic nitrogens is 2. The Labute approximate surface area is 156 Å². The second-order valence-electron chi connectivity index (χ2n) is 5.48. The average molecular weight is 413 g/mol. The number of alkyl halides is 3. The molecule has 146 valence electrons. The zero-order chi connectivity index (χ0) is 20.4. The van der Waals surface area contributed by atoms with E-state index in [-0.39, 0.29) is 16.4 Å². The fraction of sp³-hybridized carbons (Fsp3) is 0.0588. The highest BCUT2D eigenvalue weighted by molar-refractivity contribution is 7.92. The number of rotatable bonds is 5. The van der Waals surface area contributed by atoms with Crippen LogP contribution in [0.2, 0.25) is 0 Å². The lowest BCUT2D eigenvalue weighted by molar-refractivity contribution is -0.159. The largest absolute Gasteiger partial charge is 0.471 e. The topological polar surface area (TPSA) is 85.1 Å². The maximum Gasteiger partial charge on any atom is 0.471 e. The van der Waals surface area contributed by atoms with Gasteiger partial charge in [-0.15, -0.1) is 0 Å². The molecule has 0 bridgehead atoms. The number of nitrogens with zero attached hydrogens (tertiary/aromatic N) is 2. The van der Waals surface area contributed by atoms with Gasteiger partial charge >= 0.3 is 12.1 Å². The Morgan fingerprint density at radius 2 is 1.79 bits per heavy atom. The Kier molecular flexibility index (Phi) is 5.18. The Morgan fingerprint density at radius 3 is 2.46 bits per heavy atom. The van der Waals surface area contributed by atoms with Crippen LogP contribution < -0.4 is 4.72 Å². The van der Waals surface area contributed by atoms with Gasteiger partial charge in [0.1, 0.15) is 5.82 Å². The molecule has 0 spiro atoms. The Balaban J connectivity index is 1.80. The molecule has 0 aliphatic heterocycles. The first kappa shape index (κ1) is 19.5. The van der Waals surface area contributed by atoms with E-state index in [0.29, 0.717) is 5.56 Å². The first-order valence-electron chi connectivity index (χ1n) is 7.61. The van der Waals surface area contributed by atoms with Crippen molar-refractivity contribution in [2.45, 2.75) is 11.1 Å². The molecule has 1 aromatic heterocycles. The zero-order valence-electron chi connectivity index (χ0n) is 13.8. The molecule has 3 rings (SSSR count). The highest BCUT2D eigenvalue weighted by Gasteiger charge is 2.38. The van der Waals surface area contributed by atoms with Gasteiger partial charge in [0, 0.05) is 0 Å². The number of nitrogens with one attached hydrogen (secondary N) is 1. The highest BCUT2D eigenvalue weighted by atomic mass is 32.2. The summed E-state index contributed by atoms with van der Waals surface area (Å²) in [5.41, 5.74) is 0.410. The second-order valence-corrected chi connectivity index (χ2v) is 7.16. The van der Waals surface area contributed by atoms with Crippen molar-refractivity contribution in [2.24, 2.45) is 0 Å². The van der Waals surface area contributed by atoms with Crippen LogP contribution in [0.5, 0.6) is 0 Å². The standard InChI is InChI=1S/C17H11F4N3O3S/c18-12-4-2-5-13(10-12)24-28(25,26)14-6-1-3-11(9-14)7-8-15-22-16(27-23-15)17(19,20)21/h1-10,24H/b8-7+. The molecule has 0 aliphatic carbocycles. The van der Waals surface area contributed by atoms with Crippen molar-refractivity contribution in [3.05, 3.63) is 71.6 Å². The Bertz CT molecular complexity index is 1120. The summed E-state index contributed by atoms with van der Waals surface area (Å²) in [5, 5.41) is 3.17. The molecule has 0 unspecified atom stereocenters. The van der Waals surface area contributed by atoms with Crippen LogP contribution in [0.1, 0.15) is 17.3 Å². The van der Waals surface area contributed by atoms with E-state index in [9.17, 15) is 26.0 Å². The maximum atomic E-state index is 13.2. The van der Waals surface area contributed by atoms with Gasteiger partial charge in [0.15, 0.2) is 5.82 Å². The first-order chi connectivity index (χ1) is 13.1. The fourth-order valence-corrected chi connectivity index (χ4v) is 3.24. The second kappa shape index (κ2) is 7.43. The summed E-state index contributed by atoms with van der Waals surface area (Å²) >= 11 is 0. The van der Waals surface area contributed by atoms with Gasteiger partial charge in [-0.05, 0) is 42.0 Å². The van der Waals surface area contributed by atoms with Gasteiger partial charge in [-0.3, -0.25) is 4.72 Å². The van der Waals surface area contributed by atoms with E-state index in [1.54, 1.807) is 0 Å². The van der Waals surface area contributed by atoms with Crippen molar-refractivity contribution in [1.82, 2.24) is 10.1 Å². The van der Waals surface area contributed by atoms with E-state index in [1.807, 2.05) is 0 Å². The van der Waals surface area contributed by atoms with Crippen molar-refractivity contribution in [1.29, 1.82) is 0 Å². The summed E-state index contributed by atoms with van der Waals surface area (Å²) in [7, 11) is -4.00. The molecule has 0 saturated carbocycles. The molecular formula is C17H11F4N3O3S. The molecular weight excluding hydrogens is 402 g/mol. The summed E-state index contributed by atoms with van der Waals surface area (Å²) < 4.78 is 81.7. The summed E-state index contributed by atoms with van der Waals surface area (Å²) in [4.78, 5) is 3.05. The third-order valence-electron chi connectivity index (χ3n) is 3.35. The van der Waals surface area contributed by atoms with Crippen LogP contribution in [-0.4, -0.2) is 18.6 Å². The van der Waals surface area contributed by atoms with Crippen LogP contribution in [0.3, 0.4) is 0 Å². The van der Waals surface area contributed by atoms with Gasteiger partial charge in [0.2, 0.25) is 0 Å². The average Bonchev–Trinajstić information content (AvgIpc) is 3.09. The summed E-state index contributed by atoms with van der Waals surface area (Å²) in [6.45, 7) is 0. The van der Waals surface area contributed by atoms with Gasteiger partial charge in [-0.2, -0.15) is 18.2 Å². The molecule has 0 amide bonds. The van der Waals surface area contributed by atoms with Gasteiger partial charge in [0.25, 0.3) is 10.0 Å². The monoisotopic (exact) mass is 413 g/mol. The maximum absolute atomic E-state index is 13.2. The van der Waals surface area contributed by atoms with E-state index >= 15 is 0 Å². The molecule has 0 radical (unpaired) electrons. The normalized spacial score (nSPS) is 12.4. The highest BCUT2D eigenvalue weighted by Crippen LogP contribution is 2.27. The third-order valence-corrected chi connectivity index (χ3v) is 4.73. The Morgan fingerprint density at radius 1 is 1.04 bits per heavy atom. The number of halogens is 4. The molecule has 11 heteroatoms. The quantitative estimate of drug-likeness (QED) is 0.634. The minimum atomic E-state index is -4.75. The van der Waals surface area contributed by atoms with E-state index in [2.05, 4.69) is 19.4 Å². The van der Waals surface area contributed by atoms with E-state index in [1.165, 1.54) is 48.5 Å². The summed E-state index contributed by atoms with van der Waals surface area (Å²) in [6, 6.07) is 10.5. The SMILES string of the molecule is O=S(=O)(Nc1cccc(F)c1)c1cccc(/C=C/c2noc(C(F)(F)F)n2)c1. The number of sulfonamides is 1. The lowest BCUT2D eigenvalue weighted by Crippen LogP contribution is -2.13. The lowest BCUT2D eigenvalue weighted by Gasteiger charge is -2.08. The molecule has 2 aromatic carbocycles. The molecule has 1 heterocycles. The van der Waals surface area contributed by atoms with Gasteiger partial charge < -0.3 is 4.52 Å². The van der Waals surface area contributed by atoms with Crippen molar-refractivity contribution in [3.8, 4) is 0 Å². The number of anilines is 1. The van der Waals surface area contributed by atoms with Crippen molar-refractivity contribution >= 4 is 27.9 Å². The fourth-order valence-electron chi connectivity index (χ4n) is 2.14. The summed E-state index contributed by atoms with van der Waals surface area (Å²) in [6.07, 6.45) is -2.29. The molecule has 0 saturated heterocycles.